The molecule has 0 aliphatic heterocycles. The fourth-order valence-corrected chi connectivity index (χ4v) is 1.04. The maximum Gasteiger partial charge on any atom is 0.251 e. The minimum absolute atomic E-state index is 0.0335. The maximum absolute atomic E-state index is 13.2. The molecule has 3 nitrogen and oxygen atoms in total. The second-order valence-electron chi connectivity index (χ2n) is 3.17. The van der Waals surface area contributed by atoms with Crippen LogP contribution in [-0.2, 0) is 0 Å². The summed E-state index contributed by atoms with van der Waals surface area (Å²) in [6.07, 6.45) is -0.0335. The van der Waals surface area contributed by atoms with Crippen LogP contribution in [0.5, 0.6) is 5.75 Å². The van der Waals surface area contributed by atoms with Gasteiger partial charge in [-0.15, -0.1) is 0 Å². The molecule has 1 amide bonds. The molecule has 0 atom stereocenters. The zero-order valence-corrected chi connectivity index (χ0v) is 8.08. The molecule has 4 heteroatoms. The first kappa shape index (κ1) is 10.5. The van der Waals surface area contributed by atoms with Gasteiger partial charge in [-0.25, -0.2) is 4.39 Å². The van der Waals surface area contributed by atoms with E-state index in [9.17, 15) is 9.18 Å². The molecule has 0 aliphatic rings. The summed E-state index contributed by atoms with van der Waals surface area (Å²) in [7, 11) is 0. The molecule has 1 aromatic carbocycles. The van der Waals surface area contributed by atoms with E-state index >= 15 is 0 Å². The van der Waals surface area contributed by atoms with E-state index in [1.807, 2.05) is 13.8 Å². The molecule has 1 aromatic rings. The Bertz CT molecular complexity index is 350. The number of ether oxygens (including phenoxy) is 1. The van der Waals surface area contributed by atoms with Crippen molar-refractivity contribution in [1.82, 2.24) is 0 Å². The predicted molar refractivity (Wildman–Crippen MR) is 50.7 cm³/mol. The van der Waals surface area contributed by atoms with Gasteiger partial charge in [0.1, 0.15) is 11.6 Å². The van der Waals surface area contributed by atoms with Crippen LogP contribution in [0.2, 0.25) is 0 Å². The van der Waals surface area contributed by atoms with E-state index in [1.54, 1.807) is 0 Å². The predicted octanol–water partition coefficient (Wildman–Crippen LogP) is 1.71. The van der Waals surface area contributed by atoms with E-state index in [0.717, 1.165) is 6.07 Å². The Labute approximate surface area is 81.7 Å². The maximum atomic E-state index is 13.2. The molecule has 1 rings (SSSR count). The fraction of sp³-hybridized carbons (Fsp3) is 0.300. The second kappa shape index (κ2) is 4.09. The van der Waals surface area contributed by atoms with Gasteiger partial charge in [0.2, 0.25) is 0 Å². The highest BCUT2D eigenvalue weighted by Gasteiger charge is 2.09. The highest BCUT2D eigenvalue weighted by atomic mass is 19.1. The van der Waals surface area contributed by atoms with Crippen molar-refractivity contribution in [2.24, 2.45) is 5.73 Å². The van der Waals surface area contributed by atoms with Gasteiger partial charge < -0.3 is 10.5 Å². The van der Waals surface area contributed by atoms with Crippen molar-refractivity contribution in [3.63, 3.8) is 0 Å². The molecule has 0 fully saturated rings. The summed E-state index contributed by atoms with van der Waals surface area (Å²) < 4.78 is 18.4. The Morgan fingerprint density at radius 3 is 2.57 bits per heavy atom. The molecule has 2 N–H and O–H groups in total. The van der Waals surface area contributed by atoms with E-state index < -0.39 is 11.7 Å². The van der Waals surface area contributed by atoms with Crippen LogP contribution in [-0.4, -0.2) is 12.0 Å². The Kier molecular flexibility index (Phi) is 3.06. The molecule has 0 radical (unpaired) electrons. The lowest BCUT2D eigenvalue weighted by Crippen LogP contribution is -2.13. The van der Waals surface area contributed by atoms with Crippen molar-refractivity contribution < 1.29 is 13.9 Å². The van der Waals surface area contributed by atoms with Gasteiger partial charge in [-0.2, -0.15) is 0 Å². The number of amides is 1. The van der Waals surface area contributed by atoms with Crippen LogP contribution in [0.3, 0.4) is 0 Å². The summed E-state index contributed by atoms with van der Waals surface area (Å²) in [5.74, 6) is -1.04. The molecule has 0 unspecified atom stereocenters. The van der Waals surface area contributed by atoms with Crippen LogP contribution >= 0.6 is 0 Å². The van der Waals surface area contributed by atoms with E-state index in [2.05, 4.69) is 0 Å². The van der Waals surface area contributed by atoms with Crippen LogP contribution in [0, 0.1) is 5.82 Å². The van der Waals surface area contributed by atoms with Crippen LogP contribution in [0.4, 0.5) is 4.39 Å². The number of hydrogen-bond acceptors (Lipinski definition) is 2. The quantitative estimate of drug-likeness (QED) is 0.801. The number of carbonyl (C=O) groups is 1. The van der Waals surface area contributed by atoms with Gasteiger partial charge in [-0.1, -0.05) is 0 Å². The highest BCUT2D eigenvalue weighted by Crippen LogP contribution is 2.17. The molecule has 0 aliphatic carbocycles. The minimum atomic E-state index is -0.779. The Morgan fingerprint density at radius 1 is 1.50 bits per heavy atom. The first-order valence-corrected chi connectivity index (χ1v) is 4.26. The van der Waals surface area contributed by atoms with Gasteiger partial charge in [0.25, 0.3) is 5.91 Å². The molecule has 0 saturated heterocycles. The zero-order valence-electron chi connectivity index (χ0n) is 8.08. The summed E-state index contributed by atoms with van der Waals surface area (Å²) in [4.78, 5) is 10.7. The lowest BCUT2D eigenvalue weighted by Gasteiger charge is -2.09. The van der Waals surface area contributed by atoms with Crippen molar-refractivity contribution in [3.05, 3.63) is 29.6 Å². The third-order valence-corrected chi connectivity index (χ3v) is 1.58. The Hall–Kier alpha value is -1.58. The van der Waals surface area contributed by atoms with Crippen molar-refractivity contribution in [1.29, 1.82) is 0 Å². The van der Waals surface area contributed by atoms with E-state index in [-0.39, 0.29) is 11.7 Å². The summed E-state index contributed by atoms with van der Waals surface area (Å²) in [5, 5.41) is 0. The fourth-order valence-electron chi connectivity index (χ4n) is 1.04. The summed E-state index contributed by atoms with van der Waals surface area (Å²) >= 11 is 0. The third kappa shape index (κ3) is 2.45. The normalized spacial score (nSPS) is 10.3. The molecule has 0 spiro atoms. The van der Waals surface area contributed by atoms with Gasteiger partial charge >= 0.3 is 0 Å². The molecule has 0 aromatic heterocycles. The van der Waals surface area contributed by atoms with Gasteiger partial charge in [0.05, 0.1) is 11.7 Å². The van der Waals surface area contributed by atoms with Crippen molar-refractivity contribution in [2.75, 3.05) is 0 Å². The summed E-state index contributed by atoms with van der Waals surface area (Å²) in [6.45, 7) is 3.67. The number of hydrogen-bond donors (Lipinski definition) is 1. The van der Waals surface area contributed by atoms with E-state index in [1.165, 1.54) is 12.1 Å². The topological polar surface area (TPSA) is 52.3 Å². The van der Waals surface area contributed by atoms with Gasteiger partial charge in [-0.3, -0.25) is 4.79 Å². The van der Waals surface area contributed by atoms with E-state index in [4.69, 9.17) is 10.5 Å². The molecule has 0 bridgehead atoms. The molecule has 0 saturated carbocycles. The summed E-state index contributed by atoms with van der Waals surface area (Å²) in [6, 6.07) is 3.98. The summed E-state index contributed by atoms with van der Waals surface area (Å²) in [5.41, 5.74) is 4.82. The average Bonchev–Trinajstić information content (AvgIpc) is 2.01. The SMILES string of the molecule is CC(C)Oc1ccc(C(N)=O)c(F)c1. The standard InChI is InChI=1S/C10H12FNO2/c1-6(2)14-7-3-4-8(10(12)13)9(11)5-7/h3-6H,1-2H3,(H2,12,13). The lowest BCUT2D eigenvalue weighted by atomic mass is 10.2. The van der Waals surface area contributed by atoms with Crippen LogP contribution in [0.1, 0.15) is 24.2 Å². The molecule has 0 heterocycles. The van der Waals surface area contributed by atoms with Crippen LogP contribution in [0.15, 0.2) is 18.2 Å². The van der Waals surface area contributed by atoms with Gasteiger partial charge in [0, 0.05) is 6.07 Å². The van der Waals surface area contributed by atoms with Crippen LogP contribution < -0.4 is 10.5 Å². The number of carbonyl (C=O) groups excluding carboxylic acids is 1. The third-order valence-electron chi connectivity index (χ3n) is 1.58. The zero-order chi connectivity index (χ0) is 10.7. The van der Waals surface area contributed by atoms with Crippen LogP contribution in [0.25, 0.3) is 0 Å². The number of rotatable bonds is 3. The van der Waals surface area contributed by atoms with Crippen molar-refractivity contribution in [3.8, 4) is 5.75 Å². The minimum Gasteiger partial charge on any atom is -0.491 e. The molecule has 14 heavy (non-hydrogen) atoms. The average molecular weight is 197 g/mol. The smallest absolute Gasteiger partial charge is 0.251 e. The lowest BCUT2D eigenvalue weighted by molar-refractivity contribution is 0.0996. The first-order chi connectivity index (χ1) is 6.50. The second-order valence-corrected chi connectivity index (χ2v) is 3.17. The van der Waals surface area contributed by atoms with Gasteiger partial charge in [0.15, 0.2) is 0 Å². The largest absolute Gasteiger partial charge is 0.491 e. The van der Waals surface area contributed by atoms with Crippen molar-refractivity contribution >= 4 is 5.91 Å². The highest BCUT2D eigenvalue weighted by molar-refractivity contribution is 5.93. The van der Waals surface area contributed by atoms with E-state index in [0.29, 0.717) is 5.75 Å². The number of benzene rings is 1. The Morgan fingerprint density at radius 2 is 2.14 bits per heavy atom. The van der Waals surface area contributed by atoms with Gasteiger partial charge in [-0.05, 0) is 26.0 Å². The molecular weight excluding hydrogens is 185 g/mol. The molecular formula is C10H12FNO2. The number of nitrogens with two attached hydrogens (primary N) is 1. The Balaban J connectivity index is 2.94. The number of halogens is 1. The van der Waals surface area contributed by atoms with Crippen molar-refractivity contribution in [2.45, 2.75) is 20.0 Å². The number of primary amides is 1. The molecule has 76 valence electrons. The first-order valence-electron chi connectivity index (χ1n) is 4.26. The monoisotopic (exact) mass is 197 g/mol.